The molecule has 3 N–H and O–H groups in total. The van der Waals surface area contributed by atoms with Gasteiger partial charge >= 0.3 is 5.97 Å². The van der Waals surface area contributed by atoms with Crippen molar-refractivity contribution in [3.8, 4) is 11.8 Å². The number of carbonyl (C=O) groups excluding carboxylic acids is 1. The fourth-order valence-corrected chi connectivity index (χ4v) is 4.80. The van der Waals surface area contributed by atoms with Crippen LogP contribution in [0.25, 0.3) is 16.6 Å². The van der Waals surface area contributed by atoms with Gasteiger partial charge in [0.25, 0.3) is 5.56 Å². The highest BCUT2D eigenvalue weighted by atomic mass is 16.5. The fourth-order valence-electron chi connectivity index (χ4n) is 4.80. The summed E-state index contributed by atoms with van der Waals surface area (Å²) in [4.78, 5) is 39.0. The lowest BCUT2D eigenvalue weighted by Crippen LogP contribution is -2.29. The molecule has 0 spiro atoms. The average Bonchev–Trinajstić information content (AvgIpc) is 2.95. The van der Waals surface area contributed by atoms with Crippen LogP contribution in [0.1, 0.15) is 67.7 Å². The van der Waals surface area contributed by atoms with Crippen LogP contribution >= 0.6 is 0 Å². The van der Waals surface area contributed by atoms with E-state index in [2.05, 4.69) is 21.4 Å². The van der Waals surface area contributed by atoms with Gasteiger partial charge in [-0.3, -0.25) is 14.2 Å². The fraction of sp³-hybridized carbons (Fsp3) is 0.333. The molecular formula is C30H33N7O3. The van der Waals surface area contributed by atoms with Gasteiger partial charge in [-0.2, -0.15) is 10.2 Å². The minimum Gasteiger partial charge on any atom is -0.469 e. The van der Waals surface area contributed by atoms with E-state index in [9.17, 15) is 14.9 Å². The van der Waals surface area contributed by atoms with Crippen LogP contribution in [0.2, 0.25) is 0 Å². The molecule has 10 heteroatoms. The minimum absolute atomic E-state index is 0.0528. The molecule has 4 aromatic rings. The number of aryl methyl sites for hydroxylation is 2. The van der Waals surface area contributed by atoms with Gasteiger partial charge in [0.05, 0.1) is 35.4 Å². The Morgan fingerprint density at radius 3 is 2.58 bits per heavy atom. The Bertz CT molecular complexity index is 1610. The Morgan fingerprint density at radius 1 is 1.10 bits per heavy atom. The number of nitrogens with zero attached hydrogens (tertiary/aromatic N) is 5. The molecular weight excluding hydrogens is 506 g/mol. The lowest BCUT2D eigenvalue weighted by Gasteiger charge is -2.23. The summed E-state index contributed by atoms with van der Waals surface area (Å²) in [6, 6.07) is 16.8. The van der Waals surface area contributed by atoms with Crippen molar-refractivity contribution in [2.45, 2.75) is 58.4 Å². The number of para-hydroxylation sites is 1. The van der Waals surface area contributed by atoms with E-state index in [1.54, 1.807) is 11.5 Å². The van der Waals surface area contributed by atoms with E-state index < -0.39 is 6.04 Å². The van der Waals surface area contributed by atoms with Crippen LogP contribution < -0.4 is 16.6 Å². The number of benzene rings is 2. The number of nitrogen functional groups attached to an aromatic ring is 1. The Hall–Kier alpha value is -4.78. The summed E-state index contributed by atoms with van der Waals surface area (Å²) in [7, 11) is 1.39. The highest BCUT2D eigenvalue weighted by Crippen LogP contribution is 2.27. The zero-order valence-corrected chi connectivity index (χ0v) is 23.0. The van der Waals surface area contributed by atoms with Crippen molar-refractivity contribution < 1.29 is 9.53 Å². The van der Waals surface area contributed by atoms with Crippen molar-refractivity contribution in [1.82, 2.24) is 19.5 Å². The number of ether oxygens (including phenoxy) is 1. The number of fused-ring (bicyclic) bond motifs is 1. The van der Waals surface area contributed by atoms with Crippen molar-refractivity contribution in [2.75, 3.05) is 18.2 Å². The molecule has 0 amide bonds. The number of aromatic nitrogens is 4. The van der Waals surface area contributed by atoms with Crippen LogP contribution in [-0.4, -0.2) is 32.6 Å². The highest BCUT2D eigenvalue weighted by Gasteiger charge is 2.23. The second-order valence-electron chi connectivity index (χ2n) is 9.50. The van der Waals surface area contributed by atoms with Crippen molar-refractivity contribution >= 4 is 28.6 Å². The molecule has 1 atom stereocenters. The van der Waals surface area contributed by atoms with Gasteiger partial charge < -0.3 is 15.8 Å². The van der Waals surface area contributed by atoms with E-state index in [-0.39, 0.29) is 23.0 Å². The summed E-state index contributed by atoms with van der Waals surface area (Å²) in [6.07, 6.45) is 4.02. The summed E-state index contributed by atoms with van der Waals surface area (Å²) in [5.41, 5.74) is 8.67. The number of anilines is 2. The smallest absolute Gasteiger partial charge is 0.305 e. The average molecular weight is 540 g/mol. The summed E-state index contributed by atoms with van der Waals surface area (Å²) >= 11 is 0. The molecule has 0 aliphatic rings. The van der Waals surface area contributed by atoms with Gasteiger partial charge in [0, 0.05) is 6.42 Å². The van der Waals surface area contributed by atoms with E-state index in [0.29, 0.717) is 53.2 Å². The molecule has 0 aliphatic heterocycles. The summed E-state index contributed by atoms with van der Waals surface area (Å²) in [6.45, 7) is 3.67. The number of rotatable bonds is 11. The molecule has 0 fully saturated rings. The number of nitriles is 1. The molecule has 40 heavy (non-hydrogen) atoms. The SMILES string of the molecule is CC[C@H](Nc1nc(N)nc(C)c1C#N)c1nc2cccc(CCCCCC(=O)OC)c2c(=O)n1-c1ccccc1. The van der Waals surface area contributed by atoms with E-state index >= 15 is 0 Å². The van der Waals surface area contributed by atoms with Gasteiger partial charge in [0.15, 0.2) is 0 Å². The maximum absolute atomic E-state index is 14.2. The number of carbonyl (C=O) groups is 1. The Balaban J connectivity index is 1.79. The summed E-state index contributed by atoms with van der Waals surface area (Å²) < 4.78 is 6.35. The topological polar surface area (TPSA) is 149 Å². The third-order valence-corrected chi connectivity index (χ3v) is 6.83. The number of hydrogen-bond acceptors (Lipinski definition) is 9. The molecule has 10 nitrogen and oxygen atoms in total. The van der Waals surface area contributed by atoms with Crippen LogP contribution in [0.15, 0.2) is 53.3 Å². The number of hydrogen-bond donors (Lipinski definition) is 2. The second kappa shape index (κ2) is 12.8. The quantitative estimate of drug-likeness (QED) is 0.203. The molecule has 0 radical (unpaired) electrons. The van der Waals surface area contributed by atoms with Crippen molar-refractivity contribution in [2.24, 2.45) is 0 Å². The Labute approximate surface area is 232 Å². The van der Waals surface area contributed by atoms with Gasteiger partial charge in [-0.25, -0.2) is 9.97 Å². The van der Waals surface area contributed by atoms with Gasteiger partial charge in [0.2, 0.25) is 5.95 Å². The zero-order valence-electron chi connectivity index (χ0n) is 23.0. The molecule has 2 aromatic carbocycles. The lowest BCUT2D eigenvalue weighted by molar-refractivity contribution is -0.140. The minimum atomic E-state index is -0.458. The predicted octanol–water partition coefficient (Wildman–Crippen LogP) is 4.78. The third kappa shape index (κ3) is 6.10. The number of esters is 1. The third-order valence-electron chi connectivity index (χ3n) is 6.83. The lowest BCUT2D eigenvalue weighted by atomic mass is 10.0. The van der Waals surface area contributed by atoms with Gasteiger partial charge in [-0.05, 0) is 56.4 Å². The predicted molar refractivity (Wildman–Crippen MR) is 154 cm³/mol. The first kappa shape index (κ1) is 28.2. The molecule has 0 aliphatic carbocycles. The molecule has 0 saturated carbocycles. The van der Waals surface area contributed by atoms with Crippen LogP contribution in [-0.2, 0) is 16.0 Å². The van der Waals surface area contributed by atoms with Gasteiger partial charge in [-0.1, -0.05) is 43.7 Å². The first-order valence-corrected chi connectivity index (χ1v) is 13.3. The maximum atomic E-state index is 14.2. The van der Waals surface area contributed by atoms with E-state index in [0.717, 1.165) is 24.8 Å². The molecule has 0 saturated heterocycles. The van der Waals surface area contributed by atoms with Crippen LogP contribution in [0, 0.1) is 18.3 Å². The van der Waals surface area contributed by atoms with Crippen LogP contribution in [0.4, 0.5) is 11.8 Å². The van der Waals surface area contributed by atoms with E-state index in [1.807, 2.05) is 55.5 Å². The van der Waals surface area contributed by atoms with Crippen molar-refractivity contribution in [1.29, 1.82) is 5.26 Å². The van der Waals surface area contributed by atoms with Crippen LogP contribution in [0.5, 0.6) is 0 Å². The monoisotopic (exact) mass is 539 g/mol. The second-order valence-corrected chi connectivity index (χ2v) is 9.50. The Morgan fingerprint density at radius 2 is 1.88 bits per heavy atom. The van der Waals surface area contributed by atoms with Crippen molar-refractivity contribution in [3.05, 3.63) is 81.5 Å². The van der Waals surface area contributed by atoms with Crippen molar-refractivity contribution in [3.63, 3.8) is 0 Å². The van der Waals surface area contributed by atoms with Crippen LogP contribution in [0.3, 0.4) is 0 Å². The van der Waals surface area contributed by atoms with E-state index in [4.69, 9.17) is 15.5 Å². The molecule has 0 bridgehead atoms. The highest BCUT2D eigenvalue weighted by molar-refractivity contribution is 5.82. The molecule has 2 heterocycles. The van der Waals surface area contributed by atoms with Gasteiger partial charge in [-0.15, -0.1) is 0 Å². The maximum Gasteiger partial charge on any atom is 0.305 e. The van der Waals surface area contributed by atoms with Gasteiger partial charge in [0.1, 0.15) is 23.3 Å². The molecule has 4 rings (SSSR count). The first-order valence-electron chi connectivity index (χ1n) is 13.3. The zero-order chi connectivity index (χ0) is 28.6. The standard InChI is InChI=1S/C30H33N7O3/c1-4-23(34-27-22(18-31)19(2)33-30(32)36-27)28-35-24-16-11-13-20(12-7-5-10-17-25(38)40-3)26(24)29(39)37(28)21-14-8-6-9-15-21/h6,8-9,11,13-16,23H,4-5,7,10,12,17H2,1-3H3,(H3,32,33,34,36)/t23-/m0/s1. The first-order chi connectivity index (χ1) is 19.4. The van der Waals surface area contributed by atoms with E-state index in [1.165, 1.54) is 7.11 Å². The molecule has 2 aromatic heterocycles. The molecule has 206 valence electrons. The molecule has 0 unspecified atom stereocenters. The number of nitrogens with one attached hydrogen (secondary N) is 1. The number of unbranched alkanes of at least 4 members (excludes halogenated alkanes) is 2. The normalized spacial score (nSPS) is 11.7. The largest absolute Gasteiger partial charge is 0.469 e. The number of nitrogens with two attached hydrogens (primary N) is 1. The summed E-state index contributed by atoms with van der Waals surface area (Å²) in [5, 5.41) is 13.6. The summed E-state index contributed by atoms with van der Waals surface area (Å²) in [5.74, 6) is 0.639. The number of methoxy groups -OCH3 is 1. The Kier molecular flexibility index (Phi) is 9.07.